The zero-order valence-electron chi connectivity index (χ0n) is 11.2. The third-order valence-corrected chi connectivity index (χ3v) is 2.59. The summed E-state index contributed by atoms with van der Waals surface area (Å²) in [6, 6.07) is 3.22. The molecule has 0 radical (unpaired) electrons. The average molecular weight is 277 g/mol. The number of amides is 2. The number of hydrogen-bond donors (Lipinski definition) is 2. The minimum absolute atomic E-state index is 0.148. The van der Waals surface area contributed by atoms with Crippen molar-refractivity contribution in [1.82, 2.24) is 20.3 Å². The van der Waals surface area contributed by atoms with Crippen LogP contribution >= 0.6 is 0 Å². The van der Waals surface area contributed by atoms with Crippen LogP contribution < -0.4 is 10.6 Å². The van der Waals surface area contributed by atoms with Crippen LogP contribution in [0, 0.1) is 6.92 Å². The second-order valence-electron chi connectivity index (χ2n) is 4.22. The predicted molar refractivity (Wildman–Crippen MR) is 70.0 cm³/mol. The Kier molecular flexibility index (Phi) is 4.14. The molecule has 2 aromatic heterocycles. The van der Waals surface area contributed by atoms with Crippen molar-refractivity contribution in [1.29, 1.82) is 0 Å². The van der Waals surface area contributed by atoms with Gasteiger partial charge < -0.3 is 15.2 Å². The number of anilines is 1. The van der Waals surface area contributed by atoms with Crippen LogP contribution in [0.1, 0.15) is 22.7 Å². The van der Waals surface area contributed by atoms with Crippen molar-refractivity contribution < 1.29 is 14.1 Å². The summed E-state index contributed by atoms with van der Waals surface area (Å²) in [4.78, 5) is 23.3. The molecule has 8 heteroatoms. The lowest BCUT2D eigenvalue weighted by molar-refractivity contribution is -0.116. The number of carbonyl (C=O) groups is 2. The molecule has 2 rings (SSSR count). The fourth-order valence-electron chi connectivity index (χ4n) is 1.61. The van der Waals surface area contributed by atoms with Crippen molar-refractivity contribution in [3.05, 3.63) is 29.8 Å². The molecule has 0 unspecified atom stereocenters. The van der Waals surface area contributed by atoms with Gasteiger partial charge in [0.1, 0.15) is 11.5 Å². The van der Waals surface area contributed by atoms with Gasteiger partial charge in [-0.25, -0.2) is 0 Å². The van der Waals surface area contributed by atoms with Gasteiger partial charge in [-0.2, -0.15) is 5.10 Å². The molecule has 20 heavy (non-hydrogen) atoms. The number of rotatable bonds is 5. The van der Waals surface area contributed by atoms with Gasteiger partial charge in [0.2, 0.25) is 5.91 Å². The van der Waals surface area contributed by atoms with Crippen molar-refractivity contribution in [2.45, 2.75) is 13.3 Å². The van der Waals surface area contributed by atoms with E-state index in [4.69, 9.17) is 4.52 Å². The molecule has 2 N–H and O–H groups in total. The van der Waals surface area contributed by atoms with Gasteiger partial charge in [-0.3, -0.25) is 14.3 Å². The van der Waals surface area contributed by atoms with Crippen molar-refractivity contribution in [2.75, 3.05) is 11.9 Å². The highest BCUT2D eigenvalue weighted by Gasteiger charge is 2.10. The molecule has 0 atom stereocenters. The quantitative estimate of drug-likeness (QED) is 0.827. The predicted octanol–water partition coefficient (Wildman–Crippen LogP) is 0.475. The largest absolute Gasteiger partial charge is 0.360 e. The van der Waals surface area contributed by atoms with Gasteiger partial charge in [-0.05, 0) is 13.0 Å². The number of hydrogen-bond acceptors (Lipinski definition) is 5. The molecule has 0 spiro atoms. The maximum atomic E-state index is 11.7. The summed E-state index contributed by atoms with van der Waals surface area (Å²) in [5.74, 6) is 0.467. The Balaban J connectivity index is 1.74. The third-order valence-electron chi connectivity index (χ3n) is 2.59. The van der Waals surface area contributed by atoms with Gasteiger partial charge in [0.05, 0.1) is 0 Å². The van der Waals surface area contributed by atoms with E-state index in [9.17, 15) is 9.59 Å². The van der Waals surface area contributed by atoms with E-state index in [1.54, 1.807) is 26.1 Å². The smallest absolute Gasteiger partial charge is 0.269 e. The highest BCUT2D eigenvalue weighted by Crippen LogP contribution is 2.06. The Morgan fingerprint density at radius 2 is 2.25 bits per heavy atom. The van der Waals surface area contributed by atoms with Crippen molar-refractivity contribution >= 4 is 17.6 Å². The second-order valence-corrected chi connectivity index (χ2v) is 4.22. The lowest BCUT2D eigenvalue weighted by atomic mass is 10.3. The van der Waals surface area contributed by atoms with E-state index < -0.39 is 0 Å². The first-order chi connectivity index (χ1) is 9.56. The molecule has 2 aromatic rings. The minimum Gasteiger partial charge on any atom is -0.360 e. The fourth-order valence-corrected chi connectivity index (χ4v) is 1.61. The molecular weight excluding hydrogens is 262 g/mol. The molecule has 0 bridgehead atoms. The first-order valence-corrected chi connectivity index (χ1v) is 6.05. The third kappa shape index (κ3) is 3.44. The zero-order chi connectivity index (χ0) is 14.5. The van der Waals surface area contributed by atoms with E-state index in [0.29, 0.717) is 17.3 Å². The number of nitrogens with one attached hydrogen (secondary N) is 2. The molecule has 106 valence electrons. The Hall–Kier alpha value is -2.64. The lowest BCUT2D eigenvalue weighted by Gasteiger charge is -2.05. The van der Waals surface area contributed by atoms with E-state index in [2.05, 4.69) is 20.9 Å². The van der Waals surface area contributed by atoms with Crippen LogP contribution in [-0.2, 0) is 11.8 Å². The number of carbonyl (C=O) groups excluding carboxylic acids is 2. The van der Waals surface area contributed by atoms with Gasteiger partial charge in [-0.15, -0.1) is 0 Å². The van der Waals surface area contributed by atoms with Gasteiger partial charge >= 0.3 is 0 Å². The highest BCUT2D eigenvalue weighted by molar-refractivity contribution is 5.93. The lowest BCUT2D eigenvalue weighted by Crippen LogP contribution is -2.29. The molecule has 0 aromatic carbocycles. The number of aryl methyl sites for hydroxylation is 2. The summed E-state index contributed by atoms with van der Waals surface area (Å²) in [6.07, 6.45) is 1.68. The van der Waals surface area contributed by atoms with E-state index >= 15 is 0 Å². The monoisotopic (exact) mass is 277 g/mol. The van der Waals surface area contributed by atoms with Crippen LogP contribution in [0.5, 0.6) is 0 Å². The van der Waals surface area contributed by atoms with Gasteiger partial charge in [0, 0.05) is 32.3 Å². The first-order valence-electron chi connectivity index (χ1n) is 6.05. The summed E-state index contributed by atoms with van der Waals surface area (Å²) in [6.45, 7) is 1.96. The van der Waals surface area contributed by atoms with Crippen LogP contribution in [0.4, 0.5) is 5.82 Å². The standard InChI is InChI=1S/C12H15N5O3/c1-8-7-10(16-20-8)15-11(18)4-5-13-12(19)9-3-6-14-17(9)2/h3,6-7H,4-5H2,1-2H3,(H,13,19)(H,15,16,18). The minimum atomic E-state index is -0.268. The first kappa shape index (κ1) is 13.8. The number of nitrogens with zero attached hydrogens (tertiary/aromatic N) is 3. The molecule has 0 saturated heterocycles. The van der Waals surface area contributed by atoms with Crippen molar-refractivity contribution in [3.8, 4) is 0 Å². The summed E-state index contributed by atoms with van der Waals surface area (Å²) in [7, 11) is 1.68. The molecule has 0 aliphatic rings. The zero-order valence-corrected chi connectivity index (χ0v) is 11.2. The Labute approximate surface area is 115 Å². The SMILES string of the molecule is Cc1cc(NC(=O)CCNC(=O)c2ccnn2C)no1. The molecule has 2 heterocycles. The maximum Gasteiger partial charge on any atom is 0.269 e. The van der Waals surface area contributed by atoms with Crippen molar-refractivity contribution in [2.24, 2.45) is 7.05 Å². The van der Waals surface area contributed by atoms with E-state index in [1.807, 2.05) is 0 Å². The van der Waals surface area contributed by atoms with Crippen LogP contribution in [0.2, 0.25) is 0 Å². The summed E-state index contributed by atoms with van der Waals surface area (Å²) in [5.41, 5.74) is 0.442. The summed E-state index contributed by atoms with van der Waals surface area (Å²) >= 11 is 0. The fraction of sp³-hybridized carbons (Fsp3) is 0.333. The van der Waals surface area contributed by atoms with Crippen LogP contribution in [0.15, 0.2) is 22.9 Å². The maximum absolute atomic E-state index is 11.7. The topological polar surface area (TPSA) is 102 Å². The Morgan fingerprint density at radius 1 is 1.45 bits per heavy atom. The normalized spacial score (nSPS) is 10.3. The molecule has 0 fully saturated rings. The van der Waals surface area contributed by atoms with E-state index in [0.717, 1.165) is 0 Å². The van der Waals surface area contributed by atoms with Crippen LogP contribution in [-0.4, -0.2) is 33.3 Å². The Bertz CT molecular complexity index is 616. The van der Waals surface area contributed by atoms with Crippen LogP contribution in [0.3, 0.4) is 0 Å². The molecule has 0 aliphatic carbocycles. The van der Waals surface area contributed by atoms with Gasteiger partial charge in [0.25, 0.3) is 5.91 Å². The molecule has 8 nitrogen and oxygen atoms in total. The van der Waals surface area contributed by atoms with E-state index in [-0.39, 0.29) is 24.8 Å². The second kappa shape index (κ2) is 6.00. The highest BCUT2D eigenvalue weighted by atomic mass is 16.5. The Morgan fingerprint density at radius 3 is 2.85 bits per heavy atom. The molecule has 0 saturated carbocycles. The van der Waals surface area contributed by atoms with Gasteiger partial charge in [0.15, 0.2) is 5.82 Å². The molecule has 0 aliphatic heterocycles. The number of aromatic nitrogens is 3. The molecular formula is C12H15N5O3. The van der Waals surface area contributed by atoms with Crippen LogP contribution in [0.25, 0.3) is 0 Å². The molecule has 2 amide bonds. The van der Waals surface area contributed by atoms with E-state index in [1.165, 1.54) is 10.9 Å². The summed E-state index contributed by atoms with van der Waals surface area (Å²) < 4.78 is 6.29. The average Bonchev–Trinajstić information content (AvgIpc) is 2.98. The summed E-state index contributed by atoms with van der Waals surface area (Å²) in [5, 5.41) is 12.8. The van der Waals surface area contributed by atoms with Crippen molar-refractivity contribution in [3.63, 3.8) is 0 Å². The van der Waals surface area contributed by atoms with Gasteiger partial charge in [-0.1, -0.05) is 5.16 Å².